The van der Waals surface area contributed by atoms with Crippen molar-refractivity contribution >= 4 is 41.9 Å². The Morgan fingerprint density at radius 3 is 1.76 bits per heavy atom. The first kappa shape index (κ1) is 35.3. The van der Waals surface area contributed by atoms with Crippen LogP contribution in [0.25, 0.3) is 0 Å². The number of nitrogens with zero attached hydrogens (tertiary/aromatic N) is 1. The fourth-order valence-corrected chi connectivity index (χ4v) is 15.9. The van der Waals surface area contributed by atoms with E-state index in [9.17, 15) is 8.42 Å². The molecule has 10 heteroatoms. The monoisotopic (exact) mass is 750 g/mol. The van der Waals surface area contributed by atoms with Gasteiger partial charge < -0.3 is 0 Å². The normalized spacial score (nSPS) is 22.5. The first-order valence-corrected chi connectivity index (χ1v) is 25.0. The number of rotatable bonds is 8. The number of halogens is 2. The zero-order chi connectivity index (χ0) is 30.0. The van der Waals surface area contributed by atoms with Crippen LogP contribution in [0.15, 0.2) is 23.1 Å². The van der Waals surface area contributed by atoms with E-state index in [1.54, 1.807) is 119 Å². The quantitative estimate of drug-likeness (QED) is 0.197. The molecular formula is C32H53Cl2NO4PRuS+. The van der Waals surface area contributed by atoms with Crippen molar-refractivity contribution < 1.29 is 31.4 Å². The fraction of sp³-hybridized carbons (Fsp3) is 0.781. The topological polar surface area (TPSA) is 55.8 Å². The van der Waals surface area contributed by atoms with Crippen LogP contribution in [0.2, 0.25) is 0 Å². The SMILES string of the molecule is C1CCC([PH+](C2CCCCC2)C2CCCCC2)CC1.CC(C)Oc1ccc(S(=O)(=O)N2CCOCC2)cc1[CH]=[Ru]([Cl])[Cl]. The number of benzene rings is 1. The summed E-state index contributed by atoms with van der Waals surface area (Å²) in [5, 5.41) is 0. The van der Waals surface area contributed by atoms with Gasteiger partial charge in [0.1, 0.15) is 0 Å². The van der Waals surface area contributed by atoms with Gasteiger partial charge in [-0.3, -0.25) is 0 Å². The summed E-state index contributed by atoms with van der Waals surface area (Å²) in [7, 11) is 8.31. The molecule has 0 radical (unpaired) electrons. The predicted molar refractivity (Wildman–Crippen MR) is 178 cm³/mol. The molecule has 0 amide bonds. The Hall–Kier alpha value is 0.393. The van der Waals surface area contributed by atoms with Gasteiger partial charge in [0, 0.05) is 7.92 Å². The van der Waals surface area contributed by atoms with E-state index in [-0.39, 0.29) is 18.9 Å². The number of hydrogen-bond donors (Lipinski definition) is 0. The van der Waals surface area contributed by atoms with Crippen molar-refractivity contribution in [3.8, 4) is 5.75 Å². The van der Waals surface area contributed by atoms with Gasteiger partial charge in [0.15, 0.2) is 0 Å². The molecule has 0 atom stereocenters. The molecule has 1 saturated heterocycles. The third kappa shape index (κ3) is 10.5. The number of sulfonamides is 1. The summed E-state index contributed by atoms with van der Waals surface area (Å²) in [5.41, 5.74) is 4.30. The van der Waals surface area contributed by atoms with Crippen LogP contribution in [0.5, 0.6) is 5.75 Å². The molecule has 0 unspecified atom stereocenters. The molecule has 5 rings (SSSR count). The Balaban J connectivity index is 0.000000196. The van der Waals surface area contributed by atoms with Crippen molar-refractivity contribution in [2.45, 2.75) is 138 Å². The van der Waals surface area contributed by atoms with Gasteiger partial charge in [-0.1, -0.05) is 19.3 Å². The molecule has 1 aromatic carbocycles. The minimum atomic E-state index is -3.56. The van der Waals surface area contributed by atoms with Crippen molar-refractivity contribution in [2.24, 2.45) is 0 Å². The Morgan fingerprint density at radius 2 is 1.33 bits per heavy atom. The van der Waals surface area contributed by atoms with Gasteiger partial charge in [-0.25, -0.2) is 0 Å². The van der Waals surface area contributed by atoms with E-state index in [0.717, 1.165) is 0 Å². The number of morpholine rings is 1. The van der Waals surface area contributed by atoms with Crippen LogP contribution >= 0.6 is 27.3 Å². The van der Waals surface area contributed by atoms with Gasteiger partial charge in [0.05, 0.1) is 17.0 Å². The van der Waals surface area contributed by atoms with Gasteiger partial charge in [-0.2, -0.15) is 0 Å². The van der Waals surface area contributed by atoms with Crippen LogP contribution < -0.4 is 4.74 Å². The van der Waals surface area contributed by atoms with Gasteiger partial charge in [0.2, 0.25) is 0 Å². The molecule has 0 aromatic heterocycles. The van der Waals surface area contributed by atoms with E-state index < -0.39 is 23.5 Å². The van der Waals surface area contributed by atoms with Gasteiger partial charge >= 0.3 is 150 Å². The second-order valence-electron chi connectivity index (χ2n) is 12.7. The molecule has 42 heavy (non-hydrogen) atoms. The molecule has 4 aliphatic rings. The molecule has 5 nitrogen and oxygen atoms in total. The van der Waals surface area contributed by atoms with Crippen LogP contribution in [0.1, 0.15) is 116 Å². The van der Waals surface area contributed by atoms with Gasteiger partial charge in [0.25, 0.3) is 0 Å². The van der Waals surface area contributed by atoms with Crippen molar-refractivity contribution in [1.29, 1.82) is 0 Å². The summed E-state index contributed by atoms with van der Waals surface area (Å²) in [6, 6.07) is 4.79. The first-order chi connectivity index (χ1) is 20.3. The van der Waals surface area contributed by atoms with Crippen LogP contribution in [0.4, 0.5) is 0 Å². The molecule has 1 heterocycles. The molecular weight excluding hydrogens is 697 g/mol. The van der Waals surface area contributed by atoms with Crippen molar-refractivity contribution in [1.82, 2.24) is 4.31 Å². The third-order valence-corrected chi connectivity index (χ3v) is 17.7. The van der Waals surface area contributed by atoms with Crippen LogP contribution in [0.3, 0.4) is 0 Å². The second-order valence-corrected chi connectivity index (χ2v) is 23.8. The summed E-state index contributed by atoms with van der Waals surface area (Å²) in [6.45, 7) is 5.33. The average molecular weight is 751 g/mol. The molecule has 3 aliphatic carbocycles. The summed E-state index contributed by atoms with van der Waals surface area (Å²) in [4.78, 5) is 0.213. The Bertz CT molecular complexity index is 1050. The molecule has 0 N–H and O–H groups in total. The Kier molecular flexibility index (Phi) is 15.0. The molecule has 0 bridgehead atoms. The van der Waals surface area contributed by atoms with E-state index in [0.29, 0.717) is 37.6 Å². The van der Waals surface area contributed by atoms with Crippen LogP contribution in [0, 0.1) is 0 Å². The maximum atomic E-state index is 12.7. The van der Waals surface area contributed by atoms with E-state index in [1.165, 1.54) is 21.3 Å². The zero-order valence-corrected chi connectivity index (χ0v) is 30.7. The Morgan fingerprint density at radius 1 is 0.857 bits per heavy atom. The first-order valence-electron chi connectivity index (χ1n) is 16.3. The van der Waals surface area contributed by atoms with Crippen molar-refractivity contribution in [2.75, 3.05) is 26.3 Å². The summed E-state index contributed by atoms with van der Waals surface area (Å²) >= 11 is -2.11. The maximum absolute atomic E-state index is 12.7. The van der Waals surface area contributed by atoms with Gasteiger partial charge in [-0.05, 0) is 77.0 Å². The standard InChI is InChI=1S/C18H33P.C14H19NO4S.2ClH.Ru/c1-4-10-16(11-5-1)19(17-12-6-2-7-13-17)18-14-8-3-9-15-18;1-11(2)19-14-5-4-13(10-12(14)3)20(16,17)15-6-8-18-9-7-15;;;/h16-18H,1-15H2;3-5,10-11H,6-9H2,1-2H3;2*1H;/q;;;;+2/p-1. The van der Waals surface area contributed by atoms with E-state index in [4.69, 9.17) is 28.9 Å². The van der Waals surface area contributed by atoms with Crippen LogP contribution in [-0.4, -0.2) is 66.7 Å². The average Bonchev–Trinajstić information content (AvgIpc) is 3.00. The van der Waals surface area contributed by atoms with E-state index in [2.05, 4.69) is 0 Å². The molecule has 4 fully saturated rings. The fourth-order valence-electron chi connectivity index (χ4n) is 7.45. The van der Waals surface area contributed by atoms with Crippen molar-refractivity contribution in [3.63, 3.8) is 0 Å². The van der Waals surface area contributed by atoms with Crippen LogP contribution in [-0.2, 0) is 28.3 Å². The molecule has 1 aromatic rings. The zero-order valence-electron chi connectivity index (χ0n) is 25.7. The molecule has 1 aliphatic heterocycles. The predicted octanol–water partition coefficient (Wildman–Crippen LogP) is 8.77. The minimum absolute atomic E-state index is 0.0323. The van der Waals surface area contributed by atoms with E-state index in [1.807, 2.05) is 13.8 Å². The molecule has 0 spiro atoms. The summed E-state index contributed by atoms with van der Waals surface area (Å²) < 4.78 is 39.5. The molecule has 242 valence electrons. The number of ether oxygens (including phenoxy) is 2. The van der Waals surface area contributed by atoms with Gasteiger partial charge in [-0.15, -0.1) is 0 Å². The molecule has 3 saturated carbocycles. The number of hydrogen-bond acceptors (Lipinski definition) is 4. The van der Waals surface area contributed by atoms with Crippen molar-refractivity contribution in [3.05, 3.63) is 23.8 Å². The Labute approximate surface area is 270 Å². The summed E-state index contributed by atoms with van der Waals surface area (Å²) in [6.07, 6.45) is 23.8. The summed E-state index contributed by atoms with van der Waals surface area (Å²) in [5.74, 6) is 0.584. The third-order valence-electron chi connectivity index (χ3n) is 9.37. The van der Waals surface area contributed by atoms with E-state index >= 15 is 0 Å². The second kappa shape index (κ2) is 17.9.